The molecule has 1 fully saturated rings. The number of sulfonamides is 1. The molecule has 0 aliphatic carbocycles. The molecule has 28 heavy (non-hydrogen) atoms. The van der Waals surface area contributed by atoms with Gasteiger partial charge >= 0.3 is 0 Å². The van der Waals surface area contributed by atoms with Crippen LogP contribution in [0.4, 0.5) is 11.4 Å². The molecule has 1 saturated heterocycles. The highest BCUT2D eigenvalue weighted by molar-refractivity contribution is 7.89. The van der Waals surface area contributed by atoms with E-state index in [1.165, 1.54) is 17.3 Å². The van der Waals surface area contributed by atoms with Crippen LogP contribution in [0, 0.1) is 6.92 Å². The van der Waals surface area contributed by atoms with E-state index in [2.05, 4.69) is 10.2 Å². The number of ether oxygens (including phenoxy) is 1. The zero-order valence-electron chi connectivity index (χ0n) is 16.3. The smallest absolute Gasteiger partial charge is 0.243 e. The number of methoxy groups -OCH3 is 1. The lowest BCUT2D eigenvalue weighted by atomic mass is 10.2. The number of amides is 1. The quantitative estimate of drug-likeness (QED) is 0.830. The molecule has 0 unspecified atom stereocenters. The Morgan fingerprint density at radius 2 is 1.75 bits per heavy atom. The zero-order valence-corrected chi connectivity index (χ0v) is 17.1. The van der Waals surface area contributed by atoms with Gasteiger partial charge in [0.2, 0.25) is 15.9 Å². The van der Waals surface area contributed by atoms with Crippen molar-refractivity contribution < 1.29 is 17.9 Å². The van der Waals surface area contributed by atoms with Crippen LogP contribution in [0.2, 0.25) is 0 Å². The van der Waals surface area contributed by atoms with E-state index < -0.39 is 10.0 Å². The van der Waals surface area contributed by atoms with Gasteiger partial charge in [-0.2, -0.15) is 4.31 Å². The molecule has 1 N–H and O–H groups in total. The van der Waals surface area contributed by atoms with Crippen molar-refractivity contribution in [2.24, 2.45) is 0 Å². The van der Waals surface area contributed by atoms with Crippen LogP contribution in [0.3, 0.4) is 0 Å². The highest BCUT2D eigenvalue weighted by Gasteiger charge is 2.30. The highest BCUT2D eigenvalue weighted by Crippen LogP contribution is 2.30. The summed E-state index contributed by atoms with van der Waals surface area (Å²) < 4.78 is 33.3. The second-order valence-electron chi connectivity index (χ2n) is 6.72. The van der Waals surface area contributed by atoms with Crippen molar-refractivity contribution in [3.05, 3.63) is 48.0 Å². The van der Waals surface area contributed by atoms with Crippen molar-refractivity contribution >= 4 is 27.3 Å². The monoisotopic (exact) mass is 403 g/mol. The van der Waals surface area contributed by atoms with Gasteiger partial charge in [0.05, 0.1) is 17.7 Å². The van der Waals surface area contributed by atoms with Crippen molar-refractivity contribution in [3.63, 3.8) is 0 Å². The van der Waals surface area contributed by atoms with E-state index in [-0.39, 0.29) is 10.8 Å². The molecule has 0 aromatic heterocycles. The van der Waals surface area contributed by atoms with E-state index in [0.717, 1.165) is 11.4 Å². The molecule has 1 aliphatic rings. The van der Waals surface area contributed by atoms with Crippen LogP contribution in [-0.4, -0.2) is 51.9 Å². The van der Waals surface area contributed by atoms with Crippen molar-refractivity contribution in [1.82, 2.24) is 4.31 Å². The normalized spacial score (nSPS) is 15.3. The lowest BCUT2D eigenvalue weighted by molar-refractivity contribution is -0.114. The maximum absolute atomic E-state index is 13.2. The number of benzene rings is 2. The van der Waals surface area contributed by atoms with E-state index in [4.69, 9.17) is 4.74 Å². The molecule has 3 rings (SSSR count). The first-order chi connectivity index (χ1) is 13.3. The first kappa shape index (κ1) is 20.2. The van der Waals surface area contributed by atoms with Crippen molar-refractivity contribution in [1.29, 1.82) is 0 Å². The number of piperazine rings is 1. The summed E-state index contributed by atoms with van der Waals surface area (Å²) in [6.07, 6.45) is 0. The van der Waals surface area contributed by atoms with Gasteiger partial charge < -0.3 is 15.0 Å². The van der Waals surface area contributed by atoms with Crippen LogP contribution in [0.5, 0.6) is 5.75 Å². The number of rotatable bonds is 5. The average molecular weight is 404 g/mol. The third kappa shape index (κ3) is 4.13. The Labute approximate surface area is 166 Å². The molecule has 8 heteroatoms. The summed E-state index contributed by atoms with van der Waals surface area (Å²) in [5.41, 5.74) is 2.09. The number of anilines is 2. The largest absolute Gasteiger partial charge is 0.495 e. The van der Waals surface area contributed by atoms with Crippen LogP contribution >= 0.6 is 0 Å². The van der Waals surface area contributed by atoms with Gasteiger partial charge in [-0.3, -0.25) is 4.79 Å². The summed E-state index contributed by atoms with van der Waals surface area (Å²) in [6.45, 7) is 5.06. The predicted octanol–water partition coefficient (Wildman–Crippen LogP) is 2.47. The fourth-order valence-electron chi connectivity index (χ4n) is 3.36. The zero-order chi connectivity index (χ0) is 20.3. The first-order valence-corrected chi connectivity index (χ1v) is 10.5. The number of hydrogen-bond donors (Lipinski definition) is 1. The fourth-order valence-corrected chi connectivity index (χ4v) is 5.03. The molecule has 0 spiro atoms. The summed E-state index contributed by atoms with van der Waals surface area (Å²) in [7, 11) is -2.02. The maximum Gasteiger partial charge on any atom is 0.243 e. The third-order valence-electron chi connectivity index (χ3n) is 4.79. The molecule has 0 saturated carbocycles. The van der Waals surface area contributed by atoms with E-state index in [0.29, 0.717) is 37.4 Å². The summed E-state index contributed by atoms with van der Waals surface area (Å²) >= 11 is 0. The Balaban J connectivity index is 1.79. The Morgan fingerprint density at radius 1 is 1.07 bits per heavy atom. The van der Waals surface area contributed by atoms with Crippen LogP contribution in [-0.2, 0) is 14.8 Å². The average Bonchev–Trinajstić information content (AvgIpc) is 2.69. The van der Waals surface area contributed by atoms with Gasteiger partial charge in [-0.15, -0.1) is 0 Å². The van der Waals surface area contributed by atoms with Gasteiger partial charge in [0.1, 0.15) is 5.75 Å². The Bertz CT molecular complexity index is 967. The number of carbonyl (C=O) groups is 1. The number of para-hydroxylation sites is 2. The molecule has 1 amide bonds. The highest BCUT2D eigenvalue weighted by atomic mass is 32.2. The molecule has 0 atom stereocenters. The molecule has 2 aromatic carbocycles. The minimum Gasteiger partial charge on any atom is -0.495 e. The number of nitrogens with one attached hydrogen (secondary N) is 1. The Hall–Kier alpha value is -2.58. The van der Waals surface area contributed by atoms with Gasteiger partial charge in [-0.25, -0.2) is 8.42 Å². The SMILES string of the molecule is COc1ccccc1N1CCN(S(=O)(=O)c2cc(NC(C)=O)ccc2C)CC1. The maximum atomic E-state index is 13.2. The van der Waals surface area contributed by atoms with Gasteiger partial charge in [-0.05, 0) is 36.8 Å². The van der Waals surface area contributed by atoms with Crippen molar-refractivity contribution in [3.8, 4) is 5.75 Å². The molecule has 150 valence electrons. The molecule has 2 aromatic rings. The number of nitrogens with zero attached hydrogens (tertiary/aromatic N) is 2. The first-order valence-electron chi connectivity index (χ1n) is 9.09. The minimum atomic E-state index is -3.65. The molecule has 1 aliphatic heterocycles. The summed E-state index contributed by atoms with van der Waals surface area (Å²) in [5, 5.41) is 2.64. The molecular weight excluding hydrogens is 378 g/mol. The molecule has 0 bridgehead atoms. The van der Waals surface area contributed by atoms with E-state index in [1.54, 1.807) is 26.2 Å². The van der Waals surface area contributed by atoms with E-state index >= 15 is 0 Å². The van der Waals surface area contributed by atoms with Gasteiger partial charge in [-0.1, -0.05) is 18.2 Å². The minimum absolute atomic E-state index is 0.226. The second kappa shape index (κ2) is 8.20. The van der Waals surface area contributed by atoms with Gasteiger partial charge in [0.25, 0.3) is 0 Å². The summed E-state index contributed by atoms with van der Waals surface area (Å²) in [4.78, 5) is 13.7. The molecule has 7 nitrogen and oxygen atoms in total. The predicted molar refractivity (Wildman–Crippen MR) is 109 cm³/mol. The third-order valence-corrected chi connectivity index (χ3v) is 6.83. The van der Waals surface area contributed by atoms with Crippen LogP contribution in [0.15, 0.2) is 47.4 Å². The van der Waals surface area contributed by atoms with Crippen molar-refractivity contribution in [2.75, 3.05) is 43.5 Å². The van der Waals surface area contributed by atoms with E-state index in [1.807, 2.05) is 24.3 Å². The van der Waals surface area contributed by atoms with Crippen LogP contribution < -0.4 is 15.0 Å². The number of aryl methyl sites for hydroxylation is 1. The van der Waals surface area contributed by atoms with E-state index in [9.17, 15) is 13.2 Å². The molecule has 1 heterocycles. The van der Waals surface area contributed by atoms with Gasteiger partial charge in [0.15, 0.2) is 0 Å². The molecular formula is C20H25N3O4S. The standard InChI is InChI=1S/C20H25N3O4S/c1-15-8-9-17(21-16(2)24)14-20(15)28(25,26)23-12-10-22(11-13-23)18-6-4-5-7-19(18)27-3/h4-9,14H,10-13H2,1-3H3,(H,21,24). The van der Waals surface area contributed by atoms with Crippen LogP contribution in [0.25, 0.3) is 0 Å². The molecule has 0 radical (unpaired) electrons. The topological polar surface area (TPSA) is 79.0 Å². The van der Waals surface area contributed by atoms with Crippen molar-refractivity contribution in [2.45, 2.75) is 18.7 Å². The second-order valence-corrected chi connectivity index (χ2v) is 8.63. The lowest BCUT2D eigenvalue weighted by Crippen LogP contribution is -2.48. The van der Waals surface area contributed by atoms with Crippen LogP contribution in [0.1, 0.15) is 12.5 Å². The lowest BCUT2D eigenvalue weighted by Gasteiger charge is -2.36. The summed E-state index contributed by atoms with van der Waals surface area (Å²) in [5.74, 6) is 0.537. The fraction of sp³-hybridized carbons (Fsp3) is 0.350. The Morgan fingerprint density at radius 3 is 2.39 bits per heavy atom. The van der Waals surface area contributed by atoms with Gasteiger partial charge in [0, 0.05) is 38.8 Å². The summed E-state index contributed by atoms with van der Waals surface area (Å²) in [6, 6.07) is 12.7. The number of carbonyl (C=O) groups excluding carboxylic acids is 1. The number of hydrogen-bond acceptors (Lipinski definition) is 5. The Kier molecular flexibility index (Phi) is 5.90.